The van der Waals surface area contributed by atoms with Crippen molar-refractivity contribution in [2.75, 3.05) is 0 Å². The number of carbonyl (C=O) groups excluding carboxylic acids is 1. The fourth-order valence-electron chi connectivity index (χ4n) is 1.78. The molecule has 1 aromatic carbocycles. The van der Waals surface area contributed by atoms with Crippen LogP contribution < -0.4 is 10.1 Å². The molecule has 1 amide bonds. The predicted molar refractivity (Wildman–Crippen MR) is 81.2 cm³/mol. The van der Waals surface area contributed by atoms with Crippen LogP contribution in [-0.2, 0) is 18.4 Å². The van der Waals surface area contributed by atoms with E-state index in [2.05, 4.69) is 20.3 Å². The number of alkyl halides is 2. The number of aryl methyl sites for hydroxylation is 1. The number of ether oxygens (including phenoxy) is 1. The molecule has 2 rings (SSSR count). The zero-order valence-corrected chi connectivity index (χ0v) is 13.4. The number of hydrogen-bond acceptors (Lipinski definition) is 5. The van der Waals surface area contributed by atoms with Crippen molar-refractivity contribution in [2.45, 2.75) is 30.5 Å². The molecule has 1 heterocycles. The maximum Gasteiger partial charge on any atom is 0.387 e. The van der Waals surface area contributed by atoms with E-state index in [1.165, 1.54) is 17.8 Å². The van der Waals surface area contributed by atoms with Gasteiger partial charge in [-0.05, 0) is 13.0 Å². The molecule has 2 aromatic rings. The minimum Gasteiger partial charge on any atom is -0.434 e. The average Bonchev–Trinajstić information content (AvgIpc) is 2.90. The first-order valence-electron chi connectivity index (χ1n) is 6.78. The summed E-state index contributed by atoms with van der Waals surface area (Å²) in [6.45, 7) is -1.07. The molecule has 0 fully saturated rings. The van der Waals surface area contributed by atoms with Gasteiger partial charge >= 0.3 is 6.61 Å². The van der Waals surface area contributed by atoms with E-state index in [-0.39, 0.29) is 18.2 Å². The molecular weight excluding hydrogens is 326 g/mol. The first kappa shape index (κ1) is 17.2. The van der Waals surface area contributed by atoms with Crippen LogP contribution in [0.2, 0.25) is 0 Å². The number of aromatic nitrogens is 3. The summed E-state index contributed by atoms with van der Waals surface area (Å²) in [7, 11) is 1.78. The predicted octanol–water partition coefficient (Wildman–Crippen LogP) is 2.21. The Bertz CT molecular complexity index is 666. The molecule has 0 saturated carbocycles. The molecule has 1 aromatic heterocycles. The highest BCUT2D eigenvalue weighted by atomic mass is 32.2. The Morgan fingerprint density at radius 1 is 1.43 bits per heavy atom. The molecule has 124 valence electrons. The standard InChI is InChI=1S/C14H16F2N4O2S/c1-9(23-14-19-18-8-20(14)2)12(21)17-7-10-5-3-4-6-11(10)22-13(15)16/h3-6,8-9,13H,7H2,1-2H3,(H,17,21). The number of benzene rings is 1. The van der Waals surface area contributed by atoms with Crippen molar-refractivity contribution >= 4 is 17.7 Å². The summed E-state index contributed by atoms with van der Waals surface area (Å²) in [5.74, 6) is -0.179. The van der Waals surface area contributed by atoms with Gasteiger partial charge in [-0.1, -0.05) is 30.0 Å². The minimum atomic E-state index is -2.91. The van der Waals surface area contributed by atoms with Gasteiger partial charge < -0.3 is 14.6 Å². The SMILES string of the molecule is CC(Sc1nncn1C)C(=O)NCc1ccccc1OC(F)F. The van der Waals surface area contributed by atoms with Gasteiger partial charge in [0.25, 0.3) is 0 Å². The third-order valence-electron chi connectivity index (χ3n) is 2.96. The number of nitrogens with one attached hydrogen (secondary N) is 1. The minimum absolute atomic E-state index is 0.0522. The van der Waals surface area contributed by atoms with E-state index in [0.29, 0.717) is 10.7 Å². The highest BCUT2D eigenvalue weighted by molar-refractivity contribution is 8.00. The third kappa shape index (κ3) is 4.92. The van der Waals surface area contributed by atoms with Crippen molar-refractivity contribution in [3.63, 3.8) is 0 Å². The Morgan fingerprint density at radius 3 is 2.83 bits per heavy atom. The lowest BCUT2D eigenvalue weighted by molar-refractivity contribution is -0.120. The molecule has 0 radical (unpaired) electrons. The van der Waals surface area contributed by atoms with Crippen LogP contribution in [0.1, 0.15) is 12.5 Å². The largest absolute Gasteiger partial charge is 0.434 e. The van der Waals surface area contributed by atoms with E-state index >= 15 is 0 Å². The zero-order chi connectivity index (χ0) is 16.8. The van der Waals surface area contributed by atoms with Gasteiger partial charge in [0, 0.05) is 19.2 Å². The lowest BCUT2D eigenvalue weighted by Crippen LogP contribution is -2.30. The number of amides is 1. The molecule has 0 aliphatic carbocycles. The Labute approximate surface area is 136 Å². The monoisotopic (exact) mass is 342 g/mol. The van der Waals surface area contributed by atoms with E-state index in [0.717, 1.165) is 0 Å². The zero-order valence-electron chi connectivity index (χ0n) is 12.6. The van der Waals surface area contributed by atoms with Crippen molar-refractivity contribution in [1.82, 2.24) is 20.1 Å². The highest BCUT2D eigenvalue weighted by Crippen LogP contribution is 2.22. The van der Waals surface area contributed by atoms with E-state index in [1.54, 1.807) is 43.1 Å². The van der Waals surface area contributed by atoms with Crippen LogP contribution >= 0.6 is 11.8 Å². The molecule has 1 N–H and O–H groups in total. The van der Waals surface area contributed by atoms with E-state index in [1.807, 2.05) is 0 Å². The topological polar surface area (TPSA) is 69.0 Å². The van der Waals surface area contributed by atoms with Gasteiger partial charge in [0.1, 0.15) is 12.1 Å². The summed E-state index contributed by atoms with van der Waals surface area (Å²) >= 11 is 1.26. The quantitative estimate of drug-likeness (QED) is 0.782. The molecular formula is C14H16F2N4O2S. The molecule has 0 aliphatic rings. The second kappa shape index (κ2) is 7.91. The smallest absolute Gasteiger partial charge is 0.387 e. The number of para-hydroxylation sites is 1. The molecule has 0 aliphatic heterocycles. The fourth-order valence-corrected chi connectivity index (χ4v) is 2.59. The van der Waals surface area contributed by atoms with E-state index < -0.39 is 11.9 Å². The number of nitrogens with zero attached hydrogens (tertiary/aromatic N) is 3. The lowest BCUT2D eigenvalue weighted by atomic mass is 10.2. The van der Waals surface area contributed by atoms with Gasteiger partial charge in [-0.2, -0.15) is 8.78 Å². The molecule has 1 unspecified atom stereocenters. The maximum absolute atomic E-state index is 12.3. The van der Waals surface area contributed by atoms with Crippen LogP contribution in [0, 0.1) is 0 Å². The molecule has 1 atom stereocenters. The van der Waals surface area contributed by atoms with Crippen molar-refractivity contribution in [1.29, 1.82) is 0 Å². The lowest BCUT2D eigenvalue weighted by Gasteiger charge is -2.13. The summed E-state index contributed by atoms with van der Waals surface area (Å²) < 4.78 is 30.8. The number of halogens is 2. The van der Waals surface area contributed by atoms with Gasteiger partial charge in [-0.15, -0.1) is 10.2 Å². The second-order valence-electron chi connectivity index (χ2n) is 4.69. The van der Waals surface area contributed by atoms with Crippen molar-refractivity contribution in [3.05, 3.63) is 36.2 Å². The summed E-state index contributed by atoms with van der Waals surface area (Å²) in [6.07, 6.45) is 1.55. The van der Waals surface area contributed by atoms with Crippen LogP contribution in [0.4, 0.5) is 8.78 Å². The summed E-state index contributed by atoms with van der Waals surface area (Å²) in [6, 6.07) is 6.34. The van der Waals surface area contributed by atoms with Crippen molar-refractivity contribution < 1.29 is 18.3 Å². The molecule has 6 nitrogen and oxygen atoms in total. The molecule has 9 heteroatoms. The van der Waals surface area contributed by atoms with Crippen LogP contribution in [0.5, 0.6) is 5.75 Å². The van der Waals surface area contributed by atoms with E-state index in [4.69, 9.17) is 0 Å². The van der Waals surface area contributed by atoms with Crippen LogP contribution in [0.3, 0.4) is 0 Å². The third-order valence-corrected chi connectivity index (χ3v) is 4.11. The maximum atomic E-state index is 12.3. The van der Waals surface area contributed by atoms with Crippen molar-refractivity contribution in [2.24, 2.45) is 7.05 Å². The number of hydrogen-bond donors (Lipinski definition) is 1. The van der Waals surface area contributed by atoms with Crippen LogP contribution in [0.25, 0.3) is 0 Å². The first-order valence-corrected chi connectivity index (χ1v) is 7.66. The summed E-state index contributed by atoms with van der Waals surface area (Å²) in [4.78, 5) is 12.1. The normalized spacial score (nSPS) is 12.2. The van der Waals surface area contributed by atoms with Crippen LogP contribution in [-0.4, -0.2) is 32.5 Å². The Kier molecular flexibility index (Phi) is 5.91. The second-order valence-corrected chi connectivity index (χ2v) is 6.00. The highest BCUT2D eigenvalue weighted by Gasteiger charge is 2.17. The van der Waals surface area contributed by atoms with Gasteiger partial charge in [-0.3, -0.25) is 4.79 Å². The molecule has 0 bridgehead atoms. The summed E-state index contributed by atoms with van der Waals surface area (Å²) in [5, 5.41) is 10.6. The Hall–Kier alpha value is -2.16. The Balaban J connectivity index is 1.92. The Morgan fingerprint density at radius 2 is 2.17 bits per heavy atom. The first-order chi connectivity index (χ1) is 11.0. The van der Waals surface area contributed by atoms with Crippen molar-refractivity contribution in [3.8, 4) is 5.75 Å². The van der Waals surface area contributed by atoms with Gasteiger partial charge in [0.15, 0.2) is 5.16 Å². The fraction of sp³-hybridized carbons (Fsp3) is 0.357. The number of rotatable bonds is 7. The van der Waals surface area contributed by atoms with Gasteiger partial charge in [0.2, 0.25) is 5.91 Å². The van der Waals surface area contributed by atoms with Crippen LogP contribution in [0.15, 0.2) is 35.7 Å². The summed E-state index contributed by atoms with van der Waals surface area (Å²) in [5.41, 5.74) is 0.483. The number of carbonyl (C=O) groups is 1. The van der Waals surface area contributed by atoms with Gasteiger partial charge in [-0.25, -0.2) is 0 Å². The number of thioether (sulfide) groups is 1. The van der Waals surface area contributed by atoms with Gasteiger partial charge in [0.05, 0.1) is 5.25 Å². The molecule has 23 heavy (non-hydrogen) atoms. The molecule has 0 saturated heterocycles. The molecule has 0 spiro atoms. The van der Waals surface area contributed by atoms with E-state index in [9.17, 15) is 13.6 Å². The average molecular weight is 342 g/mol.